The quantitative estimate of drug-likeness (QED) is 0.621. The molecule has 2 rings (SSSR count). The molecule has 1 aromatic rings. The van der Waals surface area contributed by atoms with Crippen LogP contribution in [0.1, 0.15) is 44.6 Å². The lowest BCUT2D eigenvalue weighted by Gasteiger charge is -2.30. The van der Waals surface area contributed by atoms with E-state index in [0.717, 1.165) is 43.9 Å². The molecule has 0 atom stereocenters. The Balaban J connectivity index is 1.68. The van der Waals surface area contributed by atoms with Crippen molar-refractivity contribution in [2.45, 2.75) is 45.6 Å². The fraction of sp³-hybridized carbons (Fsp3) is 0.632. The number of hydrogen-bond donors (Lipinski definition) is 1. The van der Waals surface area contributed by atoms with Gasteiger partial charge in [0.1, 0.15) is 6.61 Å². The molecule has 0 aromatic heterocycles. The molecular formula is C19H30N2O3. The number of likely N-dealkylation sites (tertiary alicyclic amines) is 1. The molecule has 0 saturated carbocycles. The van der Waals surface area contributed by atoms with Crippen molar-refractivity contribution >= 4 is 11.8 Å². The molecule has 1 amide bonds. The van der Waals surface area contributed by atoms with E-state index in [4.69, 9.17) is 9.47 Å². The minimum atomic E-state index is -0.397. The van der Waals surface area contributed by atoms with Crippen molar-refractivity contribution in [2.75, 3.05) is 38.2 Å². The topological polar surface area (TPSA) is 50.8 Å². The van der Waals surface area contributed by atoms with Gasteiger partial charge in [0, 0.05) is 24.4 Å². The molecule has 5 heteroatoms. The van der Waals surface area contributed by atoms with Crippen LogP contribution in [-0.4, -0.2) is 43.8 Å². The van der Waals surface area contributed by atoms with Crippen LogP contribution in [-0.2, 0) is 16.1 Å². The molecule has 1 aliphatic heterocycles. The average molecular weight is 334 g/mol. The Labute approximate surface area is 145 Å². The maximum atomic E-state index is 11.9. The Morgan fingerprint density at radius 1 is 1.17 bits per heavy atom. The highest BCUT2D eigenvalue weighted by molar-refractivity contribution is 5.85. The van der Waals surface area contributed by atoms with Crippen LogP contribution in [0.2, 0.25) is 0 Å². The number of rotatable bonds is 11. The largest absolute Gasteiger partial charge is 0.448 e. The van der Waals surface area contributed by atoms with E-state index in [0.29, 0.717) is 13.2 Å². The molecule has 0 radical (unpaired) electrons. The minimum absolute atomic E-state index is 0.397. The molecule has 0 bridgehead atoms. The van der Waals surface area contributed by atoms with Crippen molar-refractivity contribution < 1.29 is 14.3 Å². The van der Waals surface area contributed by atoms with Gasteiger partial charge in [-0.2, -0.15) is 0 Å². The maximum Gasteiger partial charge on any atom is 0.411 e. The monoisotopic (exact) mass is 334 g/mol. The number of benzene rings is 1. The van der Waals surface area contributed by atoms with Crippen LogP contribution < -0.4 is 5.32 Å². The molecule has 1 heterocycles. The third-order valence-electron chi connectivity index (χ3n) is 4.24. The summed E-state index contributed by atoms with van der Waals surface area (Å²) in [6, 6.07) is 7.71. The van der Waals surface area contributed by atoms with Crippen molar-refractivity contribution in [3.63, 3.8) is 0 Å². The van der Waals surface area contributed by atoms with Gasteiger partial charge in [-0.3, -0.25) is 10.2 Å². The van der Waals surface area contributed by atoms with Crippen molar-refractivity contribution in [1.29, 1.82) is 0 Å². The van der Waals surface area contributed by atoms with E-state index in [2.05, 4.69) is 17.1 Å². The zero-order valence-electron chi connectivity index (χ0n) is 14.8. The molecule has 1 aliphatic rings. The summed E-state index contributed by atoms with van der Waals surface area (Å²) in [5, 5.41) is 2.82. The Morgan fingerprint density at radius 2 is 2.00 bits per heavy atom. The fourth-order valence-corrected chi connectivity index (χ4v) is 2.60. The van der Waals surface area contributed by atoms with Gasteiger partial charge in [0.05, 0.1) is 6.61 Å². The van der Waals surface area contributed by atoms with Crippen molar-refractivity contribution in [2.24, 2.45) is 0 Å². The van der Waals surface area contributed by atoms with Crippen molar-refractivity contribution in [3.8, 4) is 0 Å². The maximum absolute atomic E-state index is 11.9. The Bertz CT molecular complexity index is 489. The van der Waals surface area contributed by atoms with Gasteiger partial charge in [-0.1, -0.05) is 44.4 Å². The number of hydrogen-bond acceptors (Lipinski definition) is 4. The highest BCUT2D eigenvalue weighted by Gasteiger charge is 2.14. The predicted octanol–water partition coefficient (Wildman–Crippen LogP) is 4.04. The zero-order chi connectivity index (χ0) is 17.0. The van der Waals surface area contributed by atoms with Gasteiger partial charge < -0.3 is 9.47 Å². The smallest absolute Gasteiger partial charge is 0.411 e. The lowest BCUT2D eigenvalue weighted by Crippen LogP contribution is -2.39. The normalized spacial score (nSPS) is 14.2. The van der Waals surface area contributed by atoms with Crippen molar-refractivity contribution in [1.82, 2.24) is 4.90 Å². The number of nitrogens with one attached hydrogen (secondary N) is 1. The number of amides is 1. The number of carbonyl (C=O) groups is 1. The summed E-state index contributed by atoms with van der Waals surface area (Å²) in [6.07, 6.45) is 5.63. The predicted molar refractivity (Wildman–Crippen MR) is 96.3 cm³/mol. The number of ether oxygens (including phenoxy) is 2. The van der Waals surface area contributed by atoms with E-state index >= 15 is 0 Å². The van der Waals surface area contributed by atoms with Crippen LogP contribution in [0.5, 0.6) is 0 Å². The SMILES string of the molecule is CCCCCCOCc1ccccc1NC(=O)OCCN1CCC1. The van der Waals surface area contributed by atoms with Crippen LogP contribution in [0.4, 0.5) is 10.5 Å². The molecule has 1 aromatic carbocycles. The van der Waals surface area contributed by atoms with Gasteiger partial charge in [-0.05, 0) is 32.0 Å². The van der Waals surface area contributed by atoms with Crippen LogP contribution >= 0.6 is 0 Å². The lowest BCUT2D eigenvalue weighted by molar-refractivity contribution is 0.113. The number of carbonyl (C=O) groups excluding carboxylic acids is 1. The highest BCUT2D eigenvalue weighted by Crippen LogP contribution is 2.16. The number of para-hydroxylation sites is 1. The summed E-state index contributed by atoms with van der Waals surface area (Å²) in [5.41, 5.74) is 1.74. The first-order valence-electron chi connectivity index (χ1n) is 9.11. The Hall–Kier alpha value is -1.59. The van der Waals surface area contributed by atoms with E-state index in [1.54, 1.807) is 0 Å². The number of anilines is 1. The first kappa shape index (κ1) is 18.7. The lowest BCUT2D eigenvalue weighted by atomic mass is 10.2. The number of nitrogens with zero attached hydrogens (tertiary/aromatic N) is 1. The summed E-state index contributed by atoms with van der Waals surface area (Å²) >= 11 is 0. The molecule has 0 aliphatic carbocycles. The van der Waals surface area contributed by atoms with E-state index in [1.165, 1.54) is 25.7 Å². The molecule has 134 valence electrons. The second kappa shape index (κ2) is 11.0. The fourth-order valence-electron chi connectivity index (χ4n) is 2.60. The van der Waals surface area contributed by atoms with Gasteiger partial charge in [-0.25, -0.2) is 4.79 Å². The first-order chi connectivity index (χ1) is 11.8. The van der Waals surface area contributed by atoms with Crippen LogP contribution in [0, 0.1) is 0 Å². The van der Waals surface area contributed by atoms with E-state index in [-0.39, 0.29) is 0 Å². The second-order valence-electron chi connectivity index (χ2n) is 6.23. The summed E-state index contributed by atoms with van der Waals surface area (Å²) in [4.78, 5) is 14.2. The van der Waals surface area contributed by atoms with E-state index < -0.39 is 6.09 Å². The van der Waals surface area contributed by atoms with Gasteiger partial charge in [0.2, 0.25) is 0 Å². The standard InChI is InChI=1S/C19H30N2O3/c1-2-3-4-7-14-23-16-17-9-5-6-10-18(17)20-19(22)24-15-13-21-11-8-12-21/h5-6,9-10H,2-4,7-8,11-16H2,1H3,(H,20,22). The van der Waals surface area contributed by atoms with Gasteiger partial charge >= 0.3 is 6.09 Å². The van der Waals surface area contributed by atoms with Gasteiger partial charge in [0.25, 0.3) is 0 Å². The minimum Gasteiger partial charge on any atom is -0.448 e. The highest BCUT2D eigenvalue weighted by atomic mass is 16.5. The summed E-state index contributed by atoms with van der Waals surface area (Å²) in [6.45, 7) is 6.95. The molecule has 1 fully saturated rings. The van der Waals surface area contributed by atoms with Crippen LogP contribution in [0.3, 0.4) is 0 Å². The molecule has 0 spiro atoms. The summed E-state index contributed by atoms with van der Waals surface area (Å²) in [7, 11) is 0. The molecule has 24 heavy (non-hydrogen) atoms. The second-order valence-corrected chi connectivity index (χ2v) is 6.23. The molecular weight excluding hydrogens is 304 g/mol. The first-order valence-corrected chi connectivity index (χ1v) is 9.11. The van der Waals surface area contributed by atoms with Gasteiger partial charge in [-0.15, -0.1) is 0 Å². The summed E-state index contributed by atoms with van der Waals surface area (Å²) in [5.74, 6) is 0. The summed E-state index contributed by atoms with van der Waals surface area (Å²) < 4.78 is 11.0. The molecule has 1 saturated heterocycles. The molecule has 1 N–H and O–H groups in total. The Morgan fingerprint density at radius 3 is 2.75 bits per heavy atom. The third-order valence-corrected chi connectivity index (χ3v) is 4.24. The van der Waals surface area contributed by atoms with Gasteiger partial charge in [0.15, 0.2) is 0 Å². The molecule has 0 unspecified atom stereocenters. The number of unbranched alkanes of at least 4 members (excludes halogenated alkanes) is 3. The zero-order valence-corrected chi connectivity index (χ0v) is 14.8. The van der Waals surface area contributed by atoms with Crippen LogP contribution in [0.25, 0.3) is 0 Å². The third kappa shape index (κ3) is 6.89. The molecule has 5 nitrogen and oxygen atoms in total. The van der Waals surface area contributed by atoms with E-state index in [1.807, 2.05) is 24.3 Å². The van der Waals surface area contributed by atoms with Crippen LogP contribution in [0.15, 0.2) is 24.3 Å². The van der Waals surface area contributed by atoms with Crippen molar-refractivity contribution in [3.05, 3.63) is 29.8 Å². The van der Waals surface area contributed by atoms with E-state index in [9.17, 15) is 4.79 Å². The average Bonchev–Trinajstić information content (AvgIpc) is 2.54. The Kier molecular flexibility index (Phi) is 8.63.